The van der Waals surface area contributed by atoms with E-state index in [4.69, 9.17) is 14.5 Å². The van der Waals surface area contributed by atoms with E-state index in [2.05, 4.69) is 54.9 Å². The highest BCUT2D eigenvalue weighted by Gasteiger charge is 2.34. The van der Waals surface area contributed by atoms with Gasteiger partial charge >= 0.3 is 5.97 Å². The molecule has 4 aromatic carbocycles. The molecule has 0 fully saturated rings. The number of ether oxygens (including phenoxy) is 2. The van der Waals surface area contributed by atoms with E-state index in [1.807, 2.05) is 72.8 Å². The topological polar surface area (TPSA) is 69.9 Å². The van der Waals surface area contributed by atoms with Gasteiger partial charge in [0.25, 0.3) is 5.56 Å². The first-order valence-corrected chi connectivity index (χ1v) is 17.6. The third-order valence-electron chi connectivity index (χ3n) is 8.32. The summed E-state index contributed by atoms with van der Waals surface area (Å²) in [7, 11) is 0. The average molecular weight is 710 g/mol. The van der Waals surface area contributed by atoms with Gasteiger partial charge in [0.05, 0.1) is 28.5 Å². The van der Waals surface area contributed by atoms with E-state index in [1.165, 1.54) is 16.9 Å². The Morgan fingerprint density at radius 1 is 1.00 bits per heavy atom. The predicted molar refractivity (Wildman–Crippen MR) is 193 cm³/mol. The Morgan fingerprint density at radius 3 is 2.45 bits per heavy atom. The number of thiazole rings is 1. The molecule has 240 valence electrons. The van der Waals surface area contributed by atoms with Gasteiger partial charge in [0.2, 0.25) is 0 Å². The molecular formula is C39H37BrN2O4S. The van der Waals surface area contributed by atoms with Crippen molar-refractivity contribution in [1.29, 1.82) is 0 Å². The summed E-state index contributed by atoms with van der Waals surface area (Å²) in [5.41, 5.74) is 4.76. The number of benzene rings is 4. The number of carbonyl (C=O) groups is 1. The van der Waals surface area contributed by atoms with Crippen molar-refractivity contribution < 1.29 is 14.3 Å². The van der Waals surface area contributed by atoms with E-state index in [-0.39, 0.29) is 12.2 Å². The number of hydrogen-bond acceptors (Lipinski definition) is 6. The number of carbonyl (C=O) groups excluding carboxylic acids is 1. The maximum atomic E-state index is 14.5. The number of allylic oxidation sites excluding steroid dienone is 1. The standard InChI is InChI=1S/C39H37BrN2O4S/c1-5-9-32-35(38(44)45-6-2)36(28-16-14-26(15-17-28)24(3)4)42-37(43)34(47-39(42)41-32)22-31-30-11-8-7-10-27(30)18-21-33(31)46-23-25-12-19-29(40)20-13-25/h7-8,10-22,24,36H,5-6,9,23H2,1-4H3/b34-22-/t36-/m1/s1. The lowest BCUT2D eigenvalue weighted by atomic mass is 9.92. The van der Waals surface area contributed by atoms with Gasteiger partial charge in [-0.1, -0.05) is 121 Å². The lowest BCUT2D eigenvalue weighted by Gasteiger charge is -2.26. The van der Waals surface area contributed by atoms with Gasteiger partial charge in [-0.05, 0) is 71.0 Å². The molecule has 0 bridgehead atoms. The van der Waals surface area contributed by atoms with Crippen molar-refractivity contribution in [3.8, 4) is 5.75 Å². The fourth-order valence-electron chi connectivity index (χ4n) is 5.92. The summed E-state index contributed by atoms with van der Waals surface area (Å²) in [5.74, 6) is 0.587. The summed E-state index contributed by atoms with van der Waals surface area (Å²) in [4.78, 5) is 33.6. The summed E-state index contributed by atoms with van der Waals surface area (Å²) >= 11 is 4.83. The maximum absolute atomic E-state index is 14.5. The third kappa shape index (κ3) is 6.76. The predicted octanol–water partition coefficient (Wildman–Crippen LogP) is 8.20. The van der Waals surface area contributed by atoms with Crippen LogP contribution in [0, 0.1) is 0 Å². The molecule has 1 aliphatic heterocycles. The fraction of sp³-hybridized carbons (Fsp3) is 0.256. The van der Waals surface area contributed by atoms with E-state index in [1.54, 1.807) is 11.5 Å². The quantitative estimate of drug-likeness (QED) is 0.137. The highest BCUT2D eigenvalue weighted by molar-refractivity contribution is 9.10. The minimum absolute atomic E-state index is 0.212. The van der Waals surface area contributed by atoms with E-state index >= 15 is 0 Å². The number of aromatic nitrogens is 1. The highest BCUT2D eigenvalue weighted by Crippen LogP contribution is 2.34. The van der Waals surface area contributed by atoms with Crippen LogP contribution in [0.1, 0.15) is 74.8 Å². The smallest absolute Gasteiger partial charge is 0.338 e. The summed E-state index contributed by atoms with van der Waals surface area (Å²) < 4.78 is 15.1. The molecule has 2 heterocycles. The van der Waals surface area contributed by atoms with Crippen molar-refractivity contribution in [1.82, 2.24) is 4.57 Å². The van der Waals surface area contributed by atoms with Crippen LogP contribution in [0.2, 0.25) is 0 Å². The van der Waals surface area contributed by atoms with Crippen molar-refractivity contribution in [2.75, 3.05) is 6.61 Å². The van der Waals surface area contributed by atoms with Gasteiger partial charge in [0.15, 0.2) is 4.80 Å². The zero-order valence-corrected chi connectivity index (χ0v) is 29.4. The number of fused-ring (bicyclic) bond motifs is 2. The lowest BCUT2D eigenvalue weighted by molar-refractivity contribution is -0.139. The molecule has 1 aromatic heterocycles. The molecular weight excluding hydrogens is 672 g/mol. The van der Waals surface area contributed by atoms with Crippen LogP contribution in [0.4, 0.5) is 0 Å². The normalized spacial score (nSPS) is 14.8. The zero-order chi connectivity index (χ0) is 33.1. The molecule has 0 saturated heterocycles. The van der Waals surface area contributed by atoms with Gasteiger partial charge in [-0.15, -0.1) is 0 Å². The first kappa shape index (κ1) is 32.7. The second-order valence-electron chi connectivity index (χ2n) is 11.8. The van der Waals surface area contributed by atoms with Crippen LogP contribution in [0.25, 0.3) is 16.8 Å². The van der Waals surface area contributed by atoms with Crippen LogP contribution >= 0.6 is 27.3 Å². The minimum Gasteiger partial charge on any atom is -0.488 e. The van der Waals surface area contributed by atoms with Gasteiger partial charge in [0.1, 0.15) is 12.4 Å². The molecule has 5 aromatic rings. The molecule has 47 heavy (non-hydrogen) atoms. The van der Waals surface area contributed by atoms with E-state index in [0.717, 1.165) is 38.4 Å². The molecule has 0 amide bonds. The fourth-order valence-corrected chi connectivity index (χ4v) is 7.19. The first-order chi connectivity index (χ1) is 22.8. The summed E-state index contributed by atoms with van der Waals surface area (Å²) in [6, 6.07) is 27.6. The molecule has 1 atom stereocenters. The first-order valence-electron chi connectivity index (χ1n) is 16.0. The summed E-state index contributed by atoms with van der Waals surface area (Å²) in [5, 5.41) is 2.02. The van der Waals surface area contributed by atoms with E-state index in [9.17, 15) is 9.59 Å². The Bertz CT molecular complexity index is 2140. The highest BCUT2D eigenvalue weighted by atomic mass is 79.9. The molecule has 8 heteroatoms. The Kier molecular flexibility index (Phi) is 9.89. The number of rotatable bonds is 10. The number of esters is 1. The van der Waals surface area contributed by atoms with Crippen LogP contribution in [-0.2, 0) is 16.1 Å². The molecule has 0 aliphatic carbocycles. The van der Waals surface area contributed by atoms with Gasteiger partial charge in [-0.3, -0.25) is 9.36 Å². The van der Waals surface area contributed by atoms with Gasteiger partial charge < -0.3 is 9.47 Å². The Labute approximate surface area is 286 Å². The van der Waals surface area contributed by atoms with Crippen molar-refractivity contribution >= 4 is 50.1 Å². The maximum Gasteiger partial charge on any atom is 0.338 e. The Balaban J connectivity index is 1.54. The summed E-state index contributed by atoms with van der Waals surface area (Å²) in [6.45, 7) is 8.75. The molecule has 6 rings (SSSR count). The Morgan fingerprint density at radius 2 is 1.74 bits per heavy atom. The second kappa shape index (κ2) is 14.2. The van der Waals surface area contributed by atoms with Crippen LogP contribution in [0.3, 0.4) is 0 Å². The molecule has 0 spiro atoms. The van der Waals surface area contributed by atoms with Crippen LogP contribution in [0.5, 0.6) is 5.75 Å². The molecule has 1 aliphatic rings. The Hall–Kier alpha value is -4.27. The monoisotopic (exact) mass is 708 g/mol. The van der Waals surface area contributed by atoms with Crippen LogP contribution in [-0.4, -0.2) is 17.1 Å². The van der Waals surface area contributed by atoms with E-state index < -0.39 is 12.0 Å². The van der Waals surface area contributed by atoms with Crippen molar-refractivity contribution in [3.63, 3.8) is 0 Å². The van der Waals surface area contributed by atoms with Gasteiger partial charge in [0, 0.05) is 10.0 Å². The van der Waals surface area contributed by atoms with Crippen LogP contribution < -0.4 is 19.6 Å². The number of halogens is 1. The zero-order valence-electron chi connectivity index (χ0n) is 27.0. The lowest BCUT2D eigenvalue weighted by Crippen LogP contribution is -2.40. The summed E-state index contributed by atoms with van der Waals surface area (Å²) in [6.07, 6.45) is 3.30. The van der Waals surface area contributed by atoms with Crippen molar-refractivity contribution in [2.45, 2.75) is 59.1 Å². The number of nitrogens with zero attached hydrogens (tertiary/aromatic N) is 2. The molecule has 0 saturated carbocycles. The van der Waals surface area contributed by atoms with Gasteiger partial charge in [-0.25, -0.2) is 9.79 Å². The van der Waals surface area contributed by atoms with Crippen molar-refractivity contribution in [2.24, 2.45) is 4.99 Å². The SMILES string of the molecule is CCCC1=C(C(=O)OCC)[C@@H](c2ccc(C(C)C)cc2)n2c(s/c(=C\c3c(OCc4ccc(Br)cc4)ccc4ccccc34)c2=O)=N1. The molecule has 0 unspecified atom stereocenters. The third-order valence-corrected chi connectivity index (χ3v) is 9.84. The van der Waals surface area contributed by atoms with Gasteiger partial charge in [-0.2, -0.15) is 0 Å². The van der Waals surface area contributed by atoms with E-state index in [0.29, 0.717) is 45.3 Å². The molecule has 0 radical (unpaired) electrons. The van der Waals surface area contributed by atoms with Crippen molar-refractivity contribution in [3.05, 3.63) is 143 Å². The molecule has 0 N–H and O–H groups in total. The second-order valence-corrected chi connectivity index (χ2v) is 13.8. The largest absolute Gasteiger partial charge is 0.488 e. The van der Waals surface area contributed by atoms with Crippen LogP contribution in [0.15, 0.2) is 110 Å². The minimum atomic E-state index is -0.657. The average Bonchev–Trinajstić information content (AvgIpc) is 3.38. The number of hydrogen-bond donors (Lipinski definition) is 0. The molecule has 6 nitrogen and oxygen atoms in total.